The zero-order valence-corrected chi connectivity index (χ0v) is 24.0. The highest BCUT2D eigenvalue weighted by atomic mass is 35.5. The number of hydrogen-bond acceptors (Lipinski definition) is 8. The highest BCUT2D eigenvalue weighted by Crippen LogP contribution is 2.47. The molecule has 6 rings (SSSR count). The number of amidine groups is 1. The van der Waals surface area contributed by atoms with E-state index in [4.69, 9.17) is 38.7 Å². The summed E-state index contributed by atoms with van der Waals surface area (Å²) in [4.78, 5) is 31.3. The van der Waals surface area contributed by atoms with Crippen LogP contribution in [0.5, 0.6) is 0 Å². The quantitative estimate of drug-likeness (QED) is 0.179. The van der Waals surface area contributed by atoms with Crippen LogP contribution >= 0.6 is 23.2 Å². The number of amides is 1. The highest BCUT2D eigenvalue weighted by Gasteiger charge is 2.42. The van der Waals surface area contributed by atoms with Gasteiger partial charge in [0.05, 0.1) is 28.2 Å². The third-order valence-corrected chi connectivity index (χ3v) is 8.29. The molecule has 0 aliphatic carbocycles. The minimum absolute atomic E-state index is 0.186. The van der Waals surface area contributed by atoms with Crippen LogP contribution in [-0.2, 0) is 9.53 Å². The molecule has 3 aliphatic heterocycles. The first-order valence-electron chi connectivity index (χ1n) is 13.0. The van der Waals surface area contributed by atoms with Gasteiger partial charge in [0, 0.05) is 32.4 Å². The van der Waals surface area contributed by atoms with E-state index < -0.39 is 56.9 Å². The van der Waals surface area contributed by atoms with Gasteiger partial charge in [-0.2, -0.15) is 0 Å². The van der Waals surface area contributed by atoms with Crippen LogP contribution in [0.1, 0.15) is 29.8 Å². The molecule has 14 heteroatoms. The summed E-state index contributed by atoms with van der Waals surface area (Å²) in [6.45, 7) is 8.83. The number of benzene rings is 1. The standard InChI is InChI=1S/C28H24Cl2F3N7O2/c1-4-16(41)38-7-9-39(10-8-38)26-14-11-15(31)24(17-20(32)18(29)21(33)19(30)22(17)34)36-27(14)40-25-12(2)5-6-35-23(25)13(3)42-28(40)37-26/h4-6,11,13,28H,1,7-10,34H2,2-3H3. The van der Waals surface area contributed by atoms with E-state index in [9.17, 15) is 9.18 Å². The summed E-state index contributed by atoms with van der Waals surface area (Å²) in [5.74, 6) is -3.13. The Balaban J connectivity index is 1.56. The number of pyridine rings is 2. The molecule has 2 N–H and O–H groups in total. The van der Waals surface area contributed by atoms with Gasteiger partial charge >= 0.3 is 0 Å². The summed E-state index contributed by atoms with van der Waals surface area (Å²) in [5, 5.41) is -1.58. The topological polar surface area (TPSA) is 100 Å². The number of anilines is 3. The number of nitrogen functional groups attached to an aromatic ring is 1. The van der Waals surface area contributed by atoms with Gasteiger partial charge in [-0.25, -0.2) is 23.1 Å². The van der Waals surface area contributed by atoms with E-state index in [2.05, 4.69) is 16.5 Å². The van der Waals surface area contributed by atoms with Crippen molar-refractivity contribution in [2.75, 3.05) is 36.8 Å². The van der Waals surface area contributed by atoms with Gasteiger partial charge in [-0.3, -0.25) is 14.7 Å². The van der Waals surface area contributed by atoms with E-state index in [0.717, 1.165) is 5.56 Å². The van der Waals surface area contributed by atoms with E-state index in [1.165, 1.54) is 12.1 Å². The highest BCUT2D eigenvalue weighted by molar-refractivity contribution is 6.37. The van der Waals surface area contributed by atoms with Crippen molar-refractivity contribution >= 4 is 52.1 Å². The Morgan fingerprint density at radius 2 is 1.88 bits per heavy atom. The molecule has 2 atom stereocenters. The summed E-state index contributed by atoms with van der Waals surface area (Å²) >= 11 is 11.8. The maximum atomic E-state index is 15.9. The molecule has 1 aromatic carbocycles. The normalized spacial score (nSPS) is 19.6. The molecule has 3 aliphatic rings. The lowest BCUT2D eigenvalue weighted by atomic mass is 10.0. The fourth-order valence-electron chi connectivity index (χ4n) is 5.48. The summed E-state index contributed by atoms with van der Waals surface area (Å²) in [5.41, 5.74) is 6.72. The number of carbonyl (C=O) groups excluding carboxylic acids is 1. The Bertz CT molecular complexity index is 1670. The van der Waals surface area contributed by atoms with Gasteiger partial charge in [-0.05, 0) is 37.6 Å². The molecule has 1 fully saturated rings. The Hall–Kier alpha value is -3.87. The number of aliphatic imine (C=N–C) groups is 1. The molecule has 42 heavy (non-hydrogen) atoms. The molecule has 0 bridgehead atoms. The molecule has 3 aromatic rings. The van der Waals surface area contributed by atoms with Crippen molar-refractivity contribution in [1.82, 2.24) is 19.8 Å². The van der Waals surface area contributed by atoms with Crippen molar-refractivity contribution < 1.29 is 22.7 Å². The van der Waals surface area contributed by atoms with Crippen molar-refractivity contribution in [3.63, 3.8) is 0 Å². The first kappa shape index (κ1) is 28.3. The van der Waals surface area contributed by atoms with Gasteiger partial charge in [0.25, 0.3) is 0 Å². The van der Waals surface area contributed by atoms with Crippen LogP contribution in [0.2, 0.25) is 10.0 Å². The Morgan fingerprint density at radius 3 is 2.57 bits per heavy atom. The molecule has 1 saturated heterocycles. The van der Waals surface area contributed by atoms with E-state index in [0.29, 0.717) is 49.0 Å². The molecular weight excluding hydrogens is 594 g/mol. The lowest BCUT2D eigenvalue weighted by Crippen LogP contribution is -2.53. The number of aryl methyl sites for hydroxylation is 1. The lowest BCUT2D eigenvalue weighted by Gasteiger charge is -2.44. The van der Waals surface area contributed by atoms with Crippen LogP contribution in [0.3, 0.4) is 0 Å². The number of nitrogens with zero attached hydrogens (tertiary/aromatic N) is 6. The predicted octanol–water partition coefficient (Wildman–Crippen LogP) is 5.36. The van der Waals surface area contributed by atoms with Crippen molar-refractivity contribution in [3.8, 4) is 11.3 Å². The summed E-state index contributed by atoms with van der Waals surface area (Å²) < 4.78 is 51.9. The maximum absolute atomic E-state index is 15.9. The lowest BCUT2D eigenvalue weighted by molar-refractivity contribution is -0.127. The second-order valence-electron chi connectivity index (χ2n) is 10.0. The molecule has 5 heterocycles. The van der Waals surface area contributed by atoms with E-state index in [1.54, 1.807) is 16.0 Å². The number of hydrogen-bond donors (Lipinski definition) is 1. The fraction of sp³-hybridized carbons (Fsp3) is 0.286. The minimum Gasteiger partial charge on any atom is -0.397 e. The number of ether oxygens (including phenoxy) is 1. The van der Waals surface area contributed by atoms with Crippen LogP contribution in [-0.4, -0.2) is 64.0 Å². The molecule has 9 nitrogen and oxygen atoms in total. The van der Waals surface area contributed by atoms with Crippen LogP contribution < -0.4 is 10.6 Å². The van der Waals surface area contributed by atoms with Gasteiger partial charge in [-0.15, -0.1) is 0 Å². The fourth-order valence-corrected chi connectivity index (χ4v) is 5.90. The number of halogens is 5. The SMILES string of the molecule is C=CC(=O)N1CCN(C2=NC3OC(C)c4nccc(C)c4N3c3nc(-c4c(N)c(Cl)c(F)c(Cl)c4F)c(F)cc32)CC1. The first-order chi connectivity index (χ1) is 20.0. The number of fused-ring (bicyclic) bond motifs is 5. The first-order valence-corrected chi connectivity index (χ1v) is 13.8. The predicted molar refractivity (Wildman–Crippen MR) is 153 cm³/mol. The van der Waals surface area contributed by atoms with E-state index >= 15 is 8.78 Å². The molecule has 2 aromatic heterocycles. The van der Waals surface area contributed by atoms with Crippen molar-refractivity contribution in [2.24, 2.45) is 4.99 Å². The van der Waals surface area contributed by atoms with Crippen molar-refractivity contribution in [3.05, 3.63) is 75.3 Å². The second kappa shape index (κ2) is 10.4. The summed E-state index contributed by atoms with van der Waals surface area (Å²) in [6.07, 6.45) is 1.53. The van der Waals surface area contributed by atoms with Crippen LogP contribution in [0, 0.1) is 24.4 Å². The molecule has 0 saturated carbocycles. The monoisotopic (exact) mass is 617 g/mol. The maximum Gasteiger partial charge on any atom is 0.246 e. The molecule has 2 unspecified atom stereocenters. The Kier molecular flexibility index (Phi) is 7.03. The molecule has 0 spiro atoms. The van der Waals surface area contributed by atoms with Gasteiger partial charge in [0.1, 0.15) is 33.5 Å². The molecular formula is C28H24Cl2F3N7O2. The molecule has 218 valence electrons. The van der Waals surface area contributed by atoms with E-state index in [1.807, 2.05) is 24.8 Å². The van der Waals surface area contributed by atoms with Crippen LogP contribution in [0.4, 0.5) is 30.4 Å². The van der Waals surface area contributed by atoms with Gasteiger partial charge in [-0.1, -0.05) is 29.8 Å². The summed E-state index contributed by atoms with van der Waals surface area (Å²) in [6, 6.07) is 2.98. The zero-order valence-electron chi connectivity index (χ0n) is 22.5. The summed E-state index contributed by atoms with van der Waals surface area (Å²) in [7, 11) is 0. The van der Waals surface area contributed by atoms with Crippen LogP contribution in [0.15, 0.2) is 36.0 Å². The number of nitrogens with two attached hydrogens (primary N) is 1. The number of aromatic nitrogens is 2. The second-order valence-corrected chi connectivity index (χ2v) is 10.8. The zero-order chi connectivity index (χ0) is 30.0. The van der Waals surface area contributed by atoms with Gasteiger partial charge < -0.3 is 20.3 Å². The third kappa shape index (κ3) is 4.27. The number of carbonyl (C=O) groups is 1. The Morgan fingerprint density at radius 1 is 1.17 bits per heavy atom. The van der Waals surface area contributed by atoms with Crippen LogP contribution in [0.25, 0.3) is 11.3 Å². The van der Waals surface area contributed by atoms with Crippen molar-refractivity contribution in [2.45, 2.75) is 26.3 Å². The average Bonchev–Trinajstić information content (AvgIpc) is 2.99. The number of rotatable bonds is 2. The average molecular weight is 618 g/mol. The largest absolute Gasteiger partial charge is 0.397 e. The third-order valence-electron chi connectivity index (χ3n) is 7.59. The smallest absolute Gasteiger partial charge is 0.246 e. The van der Waals surface area contributed by atoms with Gasteiger partial charge in [0.2, 0.25) is 12.3 Å². The van der Waals surface area contributed by atoms with E-state index in [-0.39, 0.29) is 11.7 Å². The Labute approximate surface area is 249 Å². The van der Waals surface area contributed by atoms with Crippen molar-refractivity contribution in [1.29, 1.82) is 0 Å². The number of piperazine rings is 1. The van der Waals surface area contributed by atoms with Gasteiger partial charge in [0.15, 0.2) is 17.5 Å². The molecule has 1 amide bonds. The molecule has 0 radical (unpaired) electrons. The minimum atomic E-state index is -1.30.